The molecule has 0 unspecified atom stereocenters. The molecule has 5 aliphatic heterocycles. The Kier molecular flexibility index (Phi) is 22.4. The number of aromatic hydroxyl groups is 25. The molecule has 53 heteroatoms. The summed E-state index contributed by atoms with van der Waals surface area (Å²) in [6.45, 7) is -3.25. The Morgan fingerprint density at radius 3 is 1.25 bits per heavy atom. The van der Waals surface area contributed by atoms with E-state index in [1.807, 2.05) is 0 Å². The van der Waals surface area contributed by atoms with Gasteiger partial charge in [0.05, 0.1) is 56.0 Å². The molecule has 0 radical (unpaired) electrons. The highest BCUT2D eigenvalue weighted by Gasteiger charge is 2.71. The van der Waals surface area contributed by atoms with E-state index in [0.717, 1.165) is 0 Å². The van der Waals surface area contributed by atoms with Gasteiger partial charge in [-0.1, -0.05) is 0 Å². The number of hydrogen-bond donors (Lipinski definition) is 28. The SMILES string of the molecule is O=C1O[C@H]2[C@H]3OC(=O)c4cc(O)c(O)c(O)c4-c4c(cc(O)c(Oc5c(C(=O)O[C@H]6[C@H](OC(=O)c7cc(O)c(O)c(O)c7)O[C@H](COC(=O)c7cc(O)c(O)c(O)c7)[C@@H](OC(=O)c7cc(O)c(O)c(O)c7)[C@@H]6OC(=O)c6cc(O)c(O)c(O)c6)cc(O)c(O)c5O)c4O)C(=O)OC[C@H]2O[C@@H](OC(=O)c2cc(O)c(O)c(O)c2)[C@@H]3OC(=O)c2cc(O)c(O)c3c2[C@@H]2C1=CC(=O)[C@](O)(O3)C2(O)O. The number of rotatable bonds is 15. The molecule has 6 bridgehead atoms. The number of carbonyl (C=O) groups excluding carboxylic acids is 11. The molecule has 135 heavy (non-hydrogen) atoms. The summed E-state index contributed by atoms with van der Waals surface area (Å²) in [5.41, 5.74) is -16.8. The number of phenols is 25. The third-order valence-electron chi connectivity index (χ3n) is 21.3. The normalized spacial score (nSPS) is 21.8. The number of fused-ring (bicyclic) bond motifs is 4. The van der Waals surface area contributed by atoms with Crippen LogP contribution in [0.5, 0.6) is 161 Å². The standard InChI is InChI=1S/C82H58O53/c83-28-1-18(2-29(84)49(28)98)69(109)122-16-42-62(127-70(110)19-3-30(85)50(99)31(86)4-19)65(129-71(111)20-5-32(87)51(100)33(88)6-20)67(79(124-42)133-72(112)21-7-34(89)52(101)35(90)8-21)132-78(118)27-14-39(94)55(104)59(108)60(27)126-61-41(96)13-23-46(58(61)107)45-24(11-38(93)54(103)57(45)106)75(115)130-66-63-43(17-123-74(23)114)125-80(134-73(113)22-9-36(91)53(102)37(92)10-22)68(66)131-76(116)25-12-40(95)56(105)64-47(25)48-26(77(117)128-63)15-44(97)82(121,135-64)81(48,119)120/h1-15,42-43,48,62-63,65-68,79-80,83-96,98-108,119-121H,16-17H2/t42-,43-,48+,62-,63-,65+,66-,67-,68-,79+,80+,82+/m1/s1. The van der Waals surface area contributed by atoms with Gasteiger partial charge in [0, 0.05) is 22.8 Å². The van der Waals surface area contributed by atoms with Crippen LogP contribution in [-0.2, 0) is 66.4 Å². The van der Waals surface area contributed by atoms with Crippen molar-refractivity contribution in [3.8, 4) is 172 Å². The Balaban J connectivity index is 0.873. The third-order valence-corrected chi connectivity index (χ3v) is 21.3. The summed E-state index contributed by atoms with van der Waals surface area (Å²) >= 11 is 0. The Morgan fingerprint density at radius 1 is 0.348 bits per heavy atom. The number of cyclic esters (lactones) is 1. The first-order chi connectivity index (χ1) is 63.4. The number of esters is 10. The molecule has 53 nitrogen and oxygen atoms in total. The second kappa shape index (κ2) is 33.2. The Labute approximate surface area is 741 Å². The van der Waals surface area contributed by atoms with Crippen molar-refractivity contribution in [3.63, 3.8) is 0 Å². The Bertz CT molecular complexity index is 6630. The fraction of sp³-hybridized carbons (Fsp3) is 0.183. The van der Waals surface area contributed by atoms with Crippen LogP contribution in [-0.4, -0.2) is 295 Å². The number of benzene rings is 9. The van der Waals surface area contributed by atoms with Crippen LogP contribution in [0.3, 0.4) is 0 Å². The quantitative estimate of drug-likeness (QED) is 0.0294. The Morgan fingerprint density at radius 2 is 0.741 bits per heavy atom. The van der Waals surface area contributed by atoms with Gasteiger partial charge in [0.1, 0.15) is 31.0 Å². The van der Waals surface area contributed by atoms with Gasteiger partial charge in [0.25, 0.3) is 5.79 Å². The van der Waals surface area contributed by atoms with Crippen LogP contribution < -0.4 is 9.47 Å². The van der Waals surface area contributed by atoms with E-state index >= 15 is 24.0 Å². The molecule has 28 N–H and O–H groups in total. The van der Waals surface area contributed by atoms with E-state index in [4.69, 9.17) is 66.3 Å². The van der Waals surface area contributed by atoms with Gasteiger partial charge in [-0.3, -0.25) is 4.79 Å². The molecule has 2 fully saturated rings. The van der Waals surface area contributed by atoms with Crippen LogP contribution in [0.1, 0.15) is 105 Å². The number of carbonyl (C=O) groups is 11. The van der Waals surface area contributed by atoms with E-state index in [0.29, 0.717) is 60.7 Å². The van der Waals surface area contributed by atoms with Gasteiger partial charge < -0.3 is 209 Å². The molecule has 704 valence electrons. The smallest absolute Gasteiger partial charge is 0.342 e. The molecule has 9 aromatic rings. The molecule has 0 spiro atoms. The average molecular weight is 1890 g/mol. The van der Waals surface area contributed by atoms with Gasteiger partial charge in [-0.25, -0.2) is 47.9 Å². The van der Waals surface area contributed by atoms with Gasteiger partial charge in [0.2, 0.25) is 59.3 Å². The van der Waals surface area contributed by atoms with Gasteiger partial charge in [-0.05, 0) is 84.9 Å². The van der Waals surface area contributed by atoms with Crippen LogP contribution in [0, 0.1) is 0 Å². The number of phenolic OH excluding ortho intramolecular Hbond substituents is 25. The maximum Gasteiger partial charge on any atom is 0.342 e. The topological polar surface area (TPSA) is 883 Å². The van der Waals surface area contributed by atoms with Crippen molar-refractivity contribution < 1.29 is 262 Å². The zero-order valence-electron chi connectivity index (χ0n) is 66.2. The lowest BCUT2D eigenvalue weighted by atomic mass is 9.70. The molecule has 1 aliphatic carbocycles. The minimum Gasteiger partial charge on any atom is -0.504 e. The molecule has 0 saturated carbocycles. The highest BCUT2D eigenvalue weighted by molar-refractivity contribution is 6.11. The van der Waals surface area contributed by atoms with Crippen molar-refractivity contribution in [1.82, 2.24) is 0 Å². The summed E-state index contributed by atoms with van der Waals surface area (Å²) < 4.78 is 79.6. The molecule has 15 rings (SSSR count). The van der Waals surface area contributed by atoms with Crippen LogP contribution in [0.25, 0.3) is 11.1 Å². The lowest BCUT2D eigenvalue weighted by molar-refractivity contribution is -0.339. The molecule has 0 aromatic heterocycles. The molecule has 12 atom stereocenters. The van der Waals surface area contributed by atoms with Crippen LogP contribution >= 0.6 is 0 Å². The molecule has 9 aromatic carbocycles. The second-order valence-corrected chi connectivity index (χ2v) is 29.6. The highest BCUT2D eigenvalue weighted by atomic mass is 16.8. The minimum absolute atomic E-state index is 0.0283. The van der Waals surface area contributed by atoms with E-state index in [1.165, 1.54) is 0 Å². The summed E-state index contributed by atoms with van der Waals surface area (Å²) in [6.07, 6.45) is -28.6. The summed E-state index contributed by atoms with van der Waals surface area (Å²) in [4.78, 5) is 163. The molecular weight excluding hydrogens is 1830 g/mol. The van der Waals surface area contributed by atoms with Crippen molar-refractivity contribution in [2.45, 2.75) is 78.9 Å². The lowest BCUT2D eigenvalue weighted by Gasteiger charge is -2.49. The monoisotopic (exact) mass is 1890 g/mol. The van der Waals surface area contributed by atoms with Gasteiger partial charge >= 0.3 is 65.5 Å². The maximum atomic E-state index is 15.7. The lowest BCUT2D eigenvalue weighted by Crippen LogP contribution is -2.70. The zero-order chi connectivity index (χ0) is 98.3. The predicted molar refractivity (Wildman–Crippen MR) is 412 cm³/mol. The van der Waals surface area contributed by atoms with E-state index in [1.54, 1.807) is 0 Å². The van der Waals surface area contributed by atoms with Gasteiger partial charge in [-0.2, -0.15) is 0 Å². The van der Waals surface area contributed by atoms with E-state index < -0.39 is 391 Å². The van der Waals surface area contributed by atoms with Crippen molar-refractivity contribution in [2.24, 2.45) is 0 Å². The fourth-order valence-corrected chi connectivity index (χ4v) is 14.7. The maximum absolute atomic E-state index is 15.7. The van der Waals surface area contributed by atoms with Crippen molar-refractivity contribution in [1.29, 1.82) is 0 Å². The van der Waals surface area contributed by atoms with E-state index in [9.17, 15) is 172 Å². The number of ether oxygens (including phenoxy) is 14. The summed E-state index contributed by atoms with van der Waals surface area (Å²) in [6, 6.07) is 4.53. The van der Waals surface area contributed by atoms with Gasteiger partial charge in [0.15, 0.2) is 157 Å². The third kappa shape index (κ3) is 15.5. The fourth-order valence-electron chi connectivity index (χ4n) is 14.7. The predicted octanol–water partition coefficient (Wildman–Crippen LogP) is 0.985. The van der Waals surface area contributed by atoms with Crippen molar-refractivity contribution in [3.05, 3.63) is 152 Å². The zero-order valence-corrected chi connectivity index (χ0v) is 66.2. The summed E-state index contributed by atoms with van der Waals surface area (Å²) in [7, 11) is 0. The number of hydrogen-bond acceptors (Lipinski definition) is 53. The summed E-state index contributed by atoms with van der Waals surface area (Å²) in [5.74, 6) is -74.9. The highest BCUT2D eigenvalue weighted by Crippen LogP contribution is 2.61. The van der Waals surface area contributed by atoms with E-state index in [2.05, 4.69) is 0 Å². The largest absolute Gasteiger partial charge is 0.504 e. The van der Waals surface area contributed by atoms with Crippen molar-refractivity contribution >= 4 is 65.5 Å². The second-order valence-electron chi connectivity index (χ2n) is 29.6. The van der Waals surface area contributed by atoms with Crippen molar-refractivity contribution in [2.75, 3.05) is 13.2 Å². The number of aliphatic hydroxyl groups is 3. The number of ketones is 1. The minimum atomic E-state index is -4.19. The average Bonchev–Trinajstić information content (AvgIpc) is 1.40. The molecular formula is C82H58O53. The van der Waals surface area contributed by atoms with E-state index in [-0.39, 0.29) is 30.3 Å². The van der Waals surface area contributed by atoms with Crippen LogP contribution in [0.2, 0.25) is 0 Å². The van der Waals surface area contributed by atoms with Gasteiger partial charge in [-0.15, -0.1) is 0 Å². The molecule has 0 amide bonds. The first-order valence-corrected chi connectivity index (χ1v) is 37.5. The first kappa shape index (κ1) is 91.2. The molecule has 5 heterocycles. The van der Waals surface area contributed by atoms with Crippen LogP contribution in [0.15, 0.2) is 96.6 Å². The summed E-state index contributed by atoms with van der Waals surface area (Å²) in [5, 5.41) is 308. The first-order valence-electron chi connectivity index (χ1n) is 37.5. The van der Waals surface area contributed by atoms with Crippen LogP contribution in [0.4, 0.5) is 0 Å². The molecule has 6 aliphatic rings. The Hall–Kier alpha value is -18.5. The molecule has 2 saturated heterocycles.